The third-order valence-corrected chi connectivity index (χ3v) is 2.56. The number of pyridine rings is 2. The molecule has 0 aliphatic rings. The van der Waals surface area contributed by atoms with E-state index in [0.717, 1.165) is 5.39 Å². The van der Waals surface area contributed by atoms with Gasteiger partial charge in [0, 0.05) is 23.2 Å². The van der Waals surface area contributed by atoms with E-state index in [4.69, 9.17) is 0 Å². The Hall–Kier alpha value is -2.29. The predicted molar refractivity (Wildman–Crippen MR) is 63.3 cm³/mol. The first-order chi connectivity index (χ1) is 7.86. The molecule has 3 heteroatoms. The van der Waals surface area contributed by atoms with E-state index in [2.05, 4.69) is 9.97 Å². The molecule has 0 N–H and O–H groups in total. The van der Waals surface area contributed by atoms with Crippen LogP contribution in [0.4, 0.5) is 0 Å². The minimum Gasteiger partial charge on any atom is -0.287 e. The van der Waals surface area contributed by atoms with Crippen LogP contribution < -0.4 is 5.43 Å². The van der Waals surface area contributed by atoms with Crippen molar-refractivity contribution >= 4 is 21.8 Å². The molecule has 1 aromatic carbocycles. The summed E-state index contributed by atoms with van der Waals surface area (Å²) in [5.41, 5.74) is 1.12. The molecule has 0 fully saturated rings. The van der Waals surface area contributed by atoms with Gasteiger partial charge in [-0.05, 0) is 24.3 Å². The van der Waals surface area contributed by atoms with Gasteiger partial charge in [0.2, 0.25) is 5.43 Å². The Morgan fingerprint density at radius 1 is 0.875 bits per heavy atom. The molecule has 0 aliphatic heterocycles. The standard InChI is InChI=1S/C13H8N2O/c16-13-10-4-2-7-14-11(10)6-5-9-3-1-8-15-12(9)13/h1-8H. The van der Waals surface area contributed by atoms with Gasteiger partial charge in [0.25, 0.3) is 0 Å². The van der Waals surface area contributed by atoms with Crippen LogP contribution in [0.1, 0.15) is 0 Å². The second kappa shape index (κ2) is 3.38. The summed E-state index contributed by atoms with van der Waals surface area (Å²) in [5.74, 6) is 0. The number of hydrogen-bond donors (Lipinski definition) is 0. The van der Waals surface area contributed by atoms with Crippen molar-refractivity contribution in [2.24, 2.45) is 0 Å². The van der Waals surface area contributed by atoms with Crippen molar-refractivity contribution in [1.29, 1.82) is 0 Å². The summed E-state index contributed by atoms with van der Waals surface area (Å²) < 4.78 is 0. The molecule has 3 aromatic rings. The Balaban J connectivity index is 2.69. The smallest absolute Gasteiger partial charge is 0.214 e. The van der Waals surface area contributed by atoms with Crippen molar-refractivity contribution in [3.8, 4) is 0 Å². The molecule has 0 spiro atoms. The Morgan fingerprint density at radius 3 is 2.62 bits per heavy atom. The summed E-state index contributed by atoms with van der Waals surface area (Å²) in [5, 5.41) is 1.45. The third-order valence-electron chi connectivity index (χ3n) is 2.56. The van der Waals surface area contributed by atoms with Crippen LogP contribution in [0.15, 0.2) is 53.6 Å². The summed E-state index contributed by atoms with van der Waals surface area (Å²) in [6, 6.07) is 11.0. The maximum Gasteiger partial charge on any atom is 0.214 e. The molecule has 76 valence electrons. The second-order valence-corrected chi connectivity index (χ2v) is 3.54. The Bertz CT molecular complexity index is 676. The van der Waals surface area contributed by atoms with Gasteiger partial charge in [-0.15, -0.1) is 0 Å². The van der Waals surface area contributed by atoms with Crippen molar-refractivity contribution in [3.63, 3.8) is 0 Å². The minimum absolute atomic E-state index is 0.0660. The monoisotopic (exact) mass is 208 g/mol. The van der Waals surface area contributed by atoms with E-state index >= 15 is 0 Å². The van der Waals surface area contributed by atoms with Gasteiger partial charge in [0.05, 0.1) is 5.52 Å². The molecule has 0 atom stereocenters. The van der Waals surface area contributed by atoms with E-state index in [1.54, 1.807) is 24.5 Å². The van der Waals surface area contributed by atoms with Gasteiger partial charge in [-0.3, -0.25) is 14.8 Å². The van der Waals surface area contributed by atoms with E-state index in [0.29, 0.717) is 16.4 Å². The molecule has 0 aliphatic carbocycles. The van der Waals surface area contributed by atoms with Crippen LogP contribution in [0.5, 0.6) is 0 Å². The van der Waals surface area contributed by atoms with Gasteiger partial charge in [-0.1, -0.05) is 12.1 Å². The Morgan fingerprint density at radius 2 is 1.69 bits per heavy atom. The van der Waals surface area contributed by atoms with E-state index in [9.17, 15) is 4.79 Å². The zero-order valence-electron chi connectivity index (χ0n) is 8.42. The largest absolute Gasteiger partial charge is 0.287 e. The zero-order valence-corrected chi connectivity index (χ0v) is 8.42. The molecule has 0 saturated heterocycles. The van der Waals surface area contributed by atoms with Crippen LogP contribution in [-0.2, 0) is 0 Å². The molecule has 0 amide bonds. The van der Waals surface area contributed by atoms with Crippen LogP contribution in [0.25, 0.3) is 21.8 Å². The van der Waals surface area contributed by atoms with Gasteiger partial charge in [-0.2, -0.15) is 0 Å². The van der Waals surface area contributed by atoms with Crippen LogP contribution in [0.3, 0.4) is 0 Å². The van der Waals surface area contributed by atoms with Crippen LogP contribution in [-0.4, -0.2) is 9.97 Å². The SMILES string of the molecule is O=c1c2cccnc2ccc2cccnc12. The first-order valence-electron chi connectivity index (χ1n) is 4.99. The van der Waals surface area contributed by atoms with Crippen molar-refractivity contribution in [3.05, 3.63) is 59.0 Å². The van der Waals surface area contributed by atoms with E-state index in [-0.39, 0.29) is 5.43 Å². The fourth-order valence-corrected chi connectivity index (χ4v) is 1.78. The molecule has 0 radical (unpaired) electrons. The lowest BCUT2D eigenvalue weighted by Gasteiger charge is -1.89. The molecular weight excluding hydrogens is 200 g/mol. The fourth-order valence-electron chi connectivity index (χ4n) is 1.78. The normalized spacial score (nSPS) is 10.8. The first-order valence-corrected chi connectivity index (χ1v) is 4.99. The minimum atomic E-state index is -0.0660. The predicted octanol–water partition coefficient (Wildman–Crippen LogP) is 2.14. The van der Waals surface area contributed by atoms with Crippen molar-refractivity contribution in [1.82, 2.24) is 9.97 Å². The summed E-state index contributed by atoms with van der Waals surface area (Å²) in [6.07, 6.45) is 3.31. The Labute approximate surface area is 91.4 Å². The third kappa shape index (κ3) is 1.26. The molecule has 2 heterocycles. The number of nitrogens with zero attached hydrogens (tertiary/aromatic N) is 2. The topological polar surface area (TPSA) is 42.9 Å². The fraction of sp³-hybridized carbons (Fsp3) is 0. The number of hydrogen-bond acceptors (Lipinski definition) is 3. The van der Waals surface area contributed by atoms with Gasteiger partial charge >= 0.3 is 0 Å². The molecule has 0 saturated carbocycles. The number of aromatic nitrogens is 2. The molecular formula is C13H8N2O. The summed E-state index contributed by atoms with van der Waals surface area (Å²) in [7, 11) is 0. The van der Waals surface area contributed by atoms with Gasteiger partial charge in [0.15, 0.2) is 0 Å². The number of rotatable bonds is 0. The average molecular weight is 208 g/mol. The van der Waals surface area contributed by atoms with Crippen LogP contribution in [0.2, 0.25) is 0 Å². The highest BCUT2D eigenvalue weighted by atomic mass is 16.1. The summed E-state index contributed by atoms with van der Waals surface area (Å²) in [4.78, 5) is 20.5. The molecule has 0 unspecified atom stereocenters. The lowest BCUT2D eigenvalue weighted by molar-refractivity contribution is 1.40. The van der Waals surface area contributed by atoms with Gasteiger partial charge in [-0.25, -0.2) is 0 Å². The van der Waals surface area contributed by atoms with E-state index in [1.807, 2.05) is 24.3 Å². The zero-order chi connectivity index (χ0) is 11.0. The first kappa shape index (κ1) is 8.97. The maximum absolute atomic E-state index is 12.2. The van der Waals surface area contributed by atoms with Gasteiger partial charge < -0.3 is 0 Å². The van der Waals surface area contributed by atoms with Gasteiger partial charge in [0.1, 0.15) is 5.52 Å². The quantitative estimate of drug-likeness (QED) is 0.568. The van der Waals surface area contributed by atoms with Crippen LogP contribution >= 0.6 is 0 Å². The molecule has 16 heavy (non-hydrogen) atoms. The lowest BCUT2D eigenvalue weighted by atomic mass is 10.2. The highest BCUT2D eigenvalue weighted by Crippen LogP contribution is 2.10. The van der Waals surface area contributed by atoms with Crippen molar-refractivity contribution in [2.45, 2.75) is 0 Å². The molecule has 0 bridgehead atoms. The summed E-state index contributed by atoms with van der Waals surface area (Å²) >= 11 is 0. The second-order valence-electron chi connectivity index (χ2n) is 3.54. The van der Waals surface area contributed by atoms with Crippen molar-refractivity contribution < 1.29 is 0 Å². The highest BCUT2D eigenvalue weighted by molar-refractivity contribution is 5.89. The maximum atomic E-state index is 12.2. The number of fused-ring (bicyclic) bond motifs is 2. The molecule has 2 aromatic heterocycles. The van der Waals surface area contributed by atoms with E-state index < -0.39 is 0 Å². The van der Waals surface area contributed by atoms with Crippen molar-refractivity contribution in [2.75, 3.05) is 0 Å². The lowest BCUT2D eigenvalue weighted by Crippen LogP contribution is -2.00. The average Bonchev–Trinajstić information content (AvgIpc) is 2.49. The summed E-state index contributed by atoms with van der Waals surface area (Å²) in [6.45, 7) is 0. The molecule has 3 rings (SSSR count). The Kier molecular flexibility index (Phi) is 1.90. The van der Waals surface area contributed by atoms with Crippen LogP contribution in [0, 0.1) is 0 Å². The molecule has 3 nitrogen and oxygen atoms in total. The highest BCUT2D eigenvalue weighted by Gasteiger charge is 2.02. The van der Waals surface area contributed by atoms with E-state index in [1.165, 1.54) is 0 Å².